The summed E-state index contributed by atoms with van der Waals surface area (Å²) in [4.78, 5) is 2.41. The molecule has 0 radical (unpaired) electrons. The van der Waals surface area contributed by atoms with Gasteiger partial charge in [0, 0.05) is 31.0 Å². The zero-order valence-corrected chi connectivity index (χ0v) is 17.0. The maximum Gasteiger partial charge on any atom is 0.175 e. The van der Waals surface area contributed by atoms with Crippen LogP contribution in [0.5, 0.6) is 11.5 Å². The molecule has 0 bridgehead atoms. The summed E-state index contributed by atoms with van der Waals surface area (Å²) in [6.45, 7) is 5.47. The number of ether oxygens (including phenoxy) is 3. The molecule has 0 aliphatic carbocycles. The van der Waals surface area contributed by atoms with E-state index in [-0.39, 0.29) is 0 Å². The first-order valence-corrected chi connectivity index (χ1v) is 9.89. The molecule has 2 aromatic carbocycles. The Hall–Kier alpha value is -2.35. The molecule has 0 spiro atoms. The van der Waals surface area contributed by atoms with E-state index in [9.17, 15) is 0 Å². The van der Waals surface area contributed by atoms with Gasteiger partial charge in [0.1, 0.15) is 11.5 Å². The highest BCUT2D eigenvalue weighted by molar-refractivity contribution is 7.80. The Morgan fingerprint density at radius 3 is 2.11 bits per heavy atom. The standard InChI is InChI=1S/C21H27N3O3S/c1-25-19-7-3-17(4-8-19)22-21(28)23-18-5-9-20(10-6-18)27-14-2-11-24-12-15-26-16-13-24/h3-10H,2,11-16H2,1H3,(H2,22,23,28). The maximum atomic E-state index is 5.83. The number of nitrogens with one attached hydrogen (secondary N) is 2. The average Bonchev–Trinajstić information content (AvgIpc) is 2.73. The van der Waals surface area contributed by atoms with E-state index >= 15 is 0 Å². The van der Waals surface area contributed by atoms with Gasteiger partial charge in [-0.1, -0.05) is 0 Å². The molecular weight excluding hydrogens is 374 g/mol. The lowest BCUT2D eigenvalue weighted by atomic mass is 10.3. The highest BCUT2D eigenvalue weighted by Crippen LogP contribution is 2.18. The lowest BCUT2D eigenvalue weighted by molar-refractivity contribution is 0.0358. The first-order valence-electron chi connectivity index (χ1n) is 9.48. The number of rotatable bonds is 8. The molecule has 1 aliphatic heterocycles. The van der Waals surface area contributed by atoms with Gasteiger partial charge in [0.25, 0.3) is 0 Å². The lowest BCUT2D eigenvalue weighted by Gasteiger charge is -2.26. The van der Waals surface area contributed by atoms with Crippen molar-refractivity contribution in [2.24, 2.45) is 0 Å². The smallest absolute Gasteiger partial charge is 0.175 e. The predicted octanol–water partition coefficient (Wildman–Crippen LogP) is 3.61. The van der Waals surface area contributed by atoms with Crippen LogP contribution in [0.15, 0.2) is 48.5 Å². The van der Waals surface area contributed by atoms with Crippen LogP contribution in [0.2, 0.25) is 0 Å². The number of hydrogen-bond donors (Lipinski definition) is 2. The van der Waals surface area contributed by atoms with Crippen LogP contribution in [0.1, 0.15) is 6.42 Å². The van der Waals surface area contributed by atoms with E-state index in [0.29, 0.717) is 11.7 Å². The number of nitrogens with zero attached hydrogens (tertiary/aromatic N) is 1. The monoisotopic (exact) mass is 401 g/mol. The van der Waals surface area contributed by atoms with Crippen molar-refractivity contribution in [3.05, 3.63) is 48.5 Å². The summed E-state index contributed by atoms with van der Waals surface area (Å²) in [5, 5.41) is 6.85. The summed E-state index contributed by atoms with van der Waals surface area (Å²) in [6.07, 6.45) is 1.01. The van der Waals surface area contributed by atoms with E-state index in [2.05, 4.69) is 15.5 Å². The van der Waals surface area contributed by atoms with Crippen LogP contribution in [0.3, 0.4) is 0 Å². The fourth-order valence-electron chi connectivity index (χ4n) is 2.91. The summed E-state index contributed by atoms with van der Waals surface area (Å²) in [5.74, 6) is 1.67. The van der Waals surface area contributed by atoms with Gasteiger partial charge in [0.05, 0.1) is 26.9 Å². The van der Waals surface area contributed by atoms with Gasteiger partial charge in [-0.25, -0.2) is 0 Å². The van der Waals surface area contributed by atoms with Crippen LogP contribution in [-0.4, -0.2) is 56.6 Å². The second kappa shape index (κ2) is 10.8. The molecule has 6 nitrogen and oxygen atoms in total. The maximum absolute atomic E-state index is 5.83. The third-order valence-corrected chi connectivity index (χ3v) is 4.66. The SMILES string of the molecule is COc1ccc(NC(=S)Nc2ccc(OCCCN3CCOCC3)cc2)cc1. The Morgan fingerprint density at radius 1 is 0.964 bits per heavy atom. The van der Waals surface area contributed by atoms with Gasteiger partial charge in [0.2, 0.25) is 0 Å². The van der Waals surface area contributed by atoms with Crippen molar-refractivity contribution in [3.8, 4) is 11.5 Å². The van der Waals surface area contributed by atoms with Gasteiger partial charge in [-0.2, -0.15) is 0 Å². The third-order valence-electron chi connectivity index (χ3n) is 4.45. The Balaban J connectivity index is 1.37. The van der Waals surface area contributed by atoms with E-state index < -0.39 is 0 Å². The van der Waals surface area contributed by atoms with Crippen LogP contribution in [0, 0.1) is 0 Å². The van der Waals surface area contributed by atoms with E-state index in [1.807, 2.05) is 48.5 Å². The number of thiocarbonyl (C=S) groups is 1. The van der Waals surface area contributed by atoms with Crippen molar-refractivity contribution in [2.45, 2.75) is 6.42 Å². The Morgan fingerprint density at radius 2 is 1.54 bits per heavy atom. The van der Waals surface area contributed by atoms with Crippen LogP contribution >= 0.6 is 12.2 Å². The van der Waals surface area contributed by atoms with Crippen LogP contribution in [-0.2, 0) is 4.74 Å². The molecule has 150 valence electrons. The van der Waals surface area contributed by atoms with Crippen molar-refractivity contribution in [1.82, 2.24) is 4.90 Å². The van der Waals surface area contributed by atoms with E-state index in [1.54, 1.807) is 7.11 Å². The number of morpholine rings is 1. The first kappa shape index (κ1) is 20.4. The van der Waals surface area contributed by atoms with Crippen LogP contribution < -0.4 is 20.1 Å². The minimum Gasteiger partial charge on any atom is -0.497 e. The Labute approximate surface area is 171 Å². The van der Waals surface area contributed by atoms with Crippen molar-refractivity contribution in [3.63, 3.8) is 0 Å². The highest BCUT2D eigenvalue weighted by Gasteiger charge is 2.09. The number of hydrogen-bond acceptors (Lipinski definition) is 5. The van der Waals surface area contributed by atoms with Crippen LogP contribution in [0.25, 0.3) is 0 Å². The first-order chi connectivity index (χ1) is 13.7. The summed E-state index contributed by atoms with van der Waals surface area (Å²) in [7, 11) is 1.64. The minimum atomic E-state index is 0.532. The number of methoxy groups -OCH3 is 1. The third kappa shape index (κ3) is 6.67. The summed E-state index contributed by atoms with van der Waals surface area (Å²) < 4.78 is 16.3. The fourth-order valence-corrected chi connectivity index (χ4v) is 3.14. The van der Waals surface area contributed by atoms with Crippen LogP contribution in [0.4, 0.5) is 11.4 Å². The van der Waals surface area contributed by atoms with Gasteiger partial charge >= 0.3 is 0 Å². The molecule has 0 saturated carbocycles. The van der Waals surface area contributed by atoms with E-state index in [1.165, 1.54) is 0 Å². The van der Waals surface area contributed by atoms with Crippen molar-refractivity contribution >= 4 is 28.7 Å². The molecule has 1 fully saturated rings. The fraction of sp³-hybridized carbons (Fsp3) is 0.381. The molecule has 1 aliphatic rings. The topological polar surface area (TPSA) is 55.0 Å². The summed E-state index contributed by atoms with van der Waals surface area (Å²) in [6, 6.07) is 15.4. The van der Waals surface area contributed by atoms with Crippen molar-refractivity contribution in [1.29, 1.82) is 0 Å². The number of anilines is 2. The molecule has 1 saturated heterocycles. The van der Waals surface area contributed by atoms with E-state index in [0.717, 1.165) is 62.1 Å². The normalized spacial score (nSPS) is 14.3. The zero-order chi connectivity index (χ0) is 19.6. The average molecular weight is 402 g/mol. The highest BCUT2D eigenvalue weighted by atomic mass is 32.1. The van der Waals surface area contributed by atoms with Gasteiger partial charge in [-0.15, -0.1) is 0 Å². The Bertz CT molecular complexity index is 732. The summed E-state index contributed by atoms with van der Waals surface area (Å²) >= 11 is 5.36. The molecule has 0 aromatic heterocycles. The molecule has 0 unspecified atom stereocenters. The van der Waals surface area contributed by atoms with Gasteiger partial charge in [0.15, 0.2) is 5.11 Å². The van der Waals surface area contributed by atoms with Gasteiger partial charge < -0.3 is 24.8 Å². The molecular formula is C21H27N3O3S. The van der Waals surface area contributed by atoms with Crippen molar-refractivity contribution < 1.29 is 14.2 Å². The molecule has 2 N–H and O–H groups in total. The van der Waals surface area contributed by atoms with E-state index in [4.69, 9.17) is 26.4 Å². The lowest BCUT2D eigenvalue weighted by Crippen LogP contribution is -2.37. The Kier molecular flexibility index (Phi) is 7.90. The minimum absolute atomic E-state index is 0.532. The van der Waals surface area contributed by atoms with Crippen molar-refractivity contribution in [2.75, 3.05) is 57.2 Å². The largest absolute Gasteiger partial charge is 0.497 e. The molecule has 0 amide bonds. The number of benzene rings is 2. The quantitative estimate of drug-likeness (QED) is 0.518. The summed E-state index contributed by atoms with van der Waals surface area (Å²) in [5.41, 5.74) is 1.81. The molecule has 0 atom stereocenters. The second-order valence-corrected chi connectivity index (χ2v) is 6.90. The van der Waals surface area contributed by atoms with Gasteiger partial charge in [-0.05, 0) is 67.2 Å². The molecule has 1 heterocycles. The molecule has 2 aromatic rings. The molecule has 3 rings (SSSR count). The second-order valence-electron chi connectivity index (χ2n) is 6.49. The molecule has 28 heavy (non-hydrogen) atoms. The predicted molar refractivity (Wildman–Crippen MR) is 117 cm³/mol. The zero-order valence-electron chi connectivity index (χ0n) is 16.1. The van der Waals surface area contributed by atoms with Gasteiger partial charge in [-0.3, -0.25) is 4.90 Å². The molecule has 7 heteroatoms.